The Morgan fingerprint density at radius 2 is 1.81 bits per heavy atom. The molecule has 0 spiro atoms. The number of pyridine rings is 1. The highest BCUT2D eigenvalue weighted by Gasteiger charge is 2.52. The lowest BCUT2D eigenvalue weighted by Crippen LogP contribution is -2.66. The van der Waals surface area contributed by atoms with Crippen molar-refractivity contribution < 1.29 is 28.2 Å². The van der Waals surface area contributed by atoms with Crippen molar-refractivity contribution in [2.75, 3.05) is 25.0 Å². The van der Waals surface area contributed by atoms with Gasteiger partial charge in [-0.05, 0) is 67.7 Å². The molecule has 1 amide bonds. The van der Waals surface area contributed by atoms with Crippen LogP contribution in [0.3, 0.4) is 0 Å². The summed E-state index contributed by atoms with van der Waals surface area (Å²) < 4.78 is 30.6. The van der Waals surface area contributed by atoms with E-state index in [0.717, 1.165) is 30.5 Å². The summed E-state index contributed by atoms with van der Waals surface area (Å²) in [5.74, 6) is -0.977. The number of nitrogens with zero attached hydrogens (tertiary/aromatic N) is 2. The van der Waals surface area contributed by atoms with Gasteiger partial charge in [-0.3, -0.25) is 9.59 Å². The Morgan fingerprint density at radius 3 is 2.43 bits per heavy atom. The van der Waals surface area contributed by atoms with Gasteiger partial charge in [-0.25, -0.2) is 4.98 Å². The van der Waals surface area contributed by atoms with Gasteiger partial charge in [0.2, 0.25) is 11.8 Å². The number of aryl methyl sites for hydroxylation is 1. The lowest BCUT2D eigenvalue weighted by atomic mass is 9.69. The number of aliphatic carboxylic acids is 1. The number of carboxylic acid groups (broad SMARTS) is 1. The number of carboxylic acids is 1. The summed E-state index contributed by atoms with van der Waals surface area (Å²) in [5.41, 5.74) is 1.77. The van der Waals surface area contributed by atoms with Crippen LogP contribution in [0.1, 0.15) is 62.3 Å². The lowest BCUT2D eigenvalue weighted by molar-refractivity contribution is -0.143. The van der Waals surface area contributed by atoms with Crippen LogP contribution in [-0.4, -0.2) is 53.1 Å². The van der Waals surface area contributed by atoms with Gasteiger partial charge >= 0.3 is 12.6 Å². The van der Waals surface area contributed by atoms with E-state index < -0.39 is 18.0 Å². The third-order valence-electron chi connectivity index (χ3n) is 7.68. The third kappa shape index (κ3) is 5.92. The molecule has 1 saturated carbocycles. The number of anilines is 1. The van der Waals surface area contributed by atoms with Gasteiger partial charge in [0.05, 0.1) is 11.3 Å². The van der Waals surface area contributed by atoms with Crippen LogP contribution in [0, 0.1) is 18.8 Å². The molecule has 200 valence electrons. The van der Waals surface area contributed by atoms with E-state index in [1.165, 1.54) is 6.07 Å². The minimum Gasteiger partial charge on any atom is -0.481 e. The van der Waals surface area contributed by atoms with E-state index >= 15 is 0 Å². The number of hydrogen-bond donors (Lipinski definition) is 2. The monoisotopic (exact) mass is 515 g/mol. The van der Waals surface area contributed by atoms with Gasteiger partial charge in [-0.15, -0.1) is 0 Å². The summed E-state index contributed by atoms with van der Waals surface area (Å²) in [6.07, 6.45) is 3.09. The first kappa shape index (κ1) is 27.0. The van der Waals surface area contributed by atoms with Crippen molar-refractivity contribution in [3.05, 3.63) is 53.2 Å². The number of carbonyl (C=O) groups excluding carboxylic acids is 1. The molecule has 0 unspecified atom stereocenters. The third-order valence-corrected chi connectivity index (χ3v) is 7.68. The van der Waals surface area contributed by atoms with Crippen LogP contribution >= 0.6 is 0 Å². The van der Waals surface area contributed by atoms with Gasteiger partial charge in [0.15, 0.2) is 0 Å². The van der Waals surface area contributed by atoms with E-state index in [9.17, 15) is 23.5 Å². The molecular formula is C28H35F2N3O4. The molecule has 2 aromatic rings. The zero-order valence-electron chi connectivity index (χ0n) is 21.5. The van der Waals surface area contributed by atoms with Crippen molar-refractivity contribution in [2.24, 2.45) is 11.8 Å². The zero-order valence-corrected chi connectivity index (χ0v) is 21.5. The molecule has 7 nitrogen and oxygen atoms in total. The van der Waals surface area contributed by atoms with Crippen molar-refractivity contribution in [3.8, 4) is 5.88 Å². The molecule has 1 aromatic heterocycles. The fraction of sp³-hybridized carbons (Fsp3) is 0.536. The highest BCUT2D eigenvalue weighted by atomic mass is 19.3. The molecule has 1 aliphatic heterocycles. The zero-order chi connectivity index (χ0) is 26.7. The number of likely N-dealkylation sites (tertiary alicyclic amines) is 1. The Labute approximate surface area is 216 Å². The number of aromatic nitrogens is 1. The fourth-order valence-corrected chi connectivity index (χ4v) is 5.72. The Balaban J connectivity index is 1.56. The number of carbonyl (C=O) groups is 2. The first-order valence-electron chi connectivity index (χ1n) is 12.9. The van der Waals surface area contributed by atoms with Gasteiger partial charge < -0.3 is 20.1 Å². The quantitative estimate of drug-likeness (QED) is 0.477. The molecule has 0 bridgehead atoms. The summed E-state index contributed by atoms with van der Waals surface area (Å²) in [6.45, 7) is 4.56. The second kappa shape index (κ2) is 11.1. The van der Waals surface area contributed by atoms with Gasteiger partial charge in [-0.2, -0.15) is 8.78 Å². The van der Waals surface area contributed by atoms with Crippen LogP contribution < -0.4 is 10.1 Å². The molecule has 2 N–H and O–H groups in total. The first-order valence-corrected chi connectivity index (χ1v) is 12.9. The molecule has 1 saturated heterocycles. The maximum Gasteiger partial charge on any atom is 0.388 e. The highest BCUT2D eigenvalue weighted by Crippen LogP contribution is 2.42. The van der Waals surface area contributed by atoms with Gasteiger partial charge in [0, 0.05) is 25.3 Å². The number of nitrogens with one attached hydrogen (secondary N) is 1. The van der Waals surface area contributed by atoms with Crippen molar-refractivity contribution in [3.63, 3.8) is 0 Å². The number of ether oxygens (including phenoxy) is 1. The van der Waals surface area contributed by atoms with E-state index in [-0.39, 0.29) is 29.3 Å². The van der Waals surface area contributed by atoms with Gasteiger partial charge in [-0.1, -0.05) is 38.1 Å². The summed E-state index contributed by atoms with van der Waals surface area (Å²) in [4.78, 5) is 31.5. The molecule has 1 aromatic carbocycles. The SMILES string of the molecule is Cc1ccc(NC(=O)C2(c3ccccc3C(C)C)CN(CC3CCC(C(=O)O)CC3)C2)c(OC(F)F)n1. The van der Waals surface area contributed by atoms with E-state index in [1.807, 2.05) is 24.3 Å². The van der Waals surface area contributed by atoms with Crippen LogP contribution in [0.25, 0.3) is 0 Å². The van der Waals surface area contributed by atoms with Crippen LogP contribution in [-0.2, 0) is 15.0 Å². The van der Waals surface area contributed by atoms with E-state index in [0.29, 0.717) is 37.5 Å². The average molecular weight is 516 g/mol. The second-order valence-electron chi connectivity index (χ2n) is 10.7. The molecule has 2 heterocycles. The lowest BCUT2D eigenvalue weighted by Gasteiger charge is -2.51. The summed E-state index contributed by atoms with van der Waals surface area (Å²) in [7, 11) is 0. The molecule has 37 heavy (non-hydrogen) atoms. The molecule has 2 aliphatic rings. The van der Waals surface area contributed by atoms with Crippen molar-refractivity contribution in [1.29, 1.82) is 0 Å². The van der Waals surface area contributed by atoms with E-state index in [4.69, 9.17) is 0 Å². The summed E-state index contributed by atoms with van der Waals surface area (Å²) in [5, 5.41) is 12.1. The van der Waals surface area contributed by atoms with Crippen molar-refractivity contribution in [1.82, 2.24) is 9.88 Å². The molecule has 0 atom stereocenters. The van der Waals surface area contributed by atoms with Crippen molar-refractivity contribution >= 4 is 17.6 Å². The average Bonchev–Trinajstić information content (AvgIpc) is 2.82. The molecule has 2 fully saturated rings. The Hall–Kier alpha value is -3.07. The van der Waals surface area contributed by atoms with Crippen LogP contribution in [0.2, 0.25) is 0 Å². The topological polar surface area (TPSA) is 91.8 Å². The number of rotatable bonds is 9. The second-order valence-corrected chi connectivity index (χ2v) is 10.7. The Morgan fingerprint density at radius 1 is 1.14 bits per heavy atom. The van der Waals surface area contributed by atoms with Crippen molar-refractivity contribution in [2.45, 2.75) is 64.4 Å². The smallest absolute Gasteiger partial charge is 0.388 e. The summed E-state index contributed by atoms with van der Waals surface area (Å²) >= 11 is 0. The van der Waals surface area contributed by atoms with Crippen LogP contribution in [0.15, 0.2) is 36.4 Å². The molecule has 0 radical (unpaired) electrons. The van der Waals surface area contributed by atoms with Gasteiger partial charge in [0.25, 0.3) is 0 Å². The highest BCUT2D eigenvalue weighted by molar-refractivity contribution is 6.01. The van der Waals surface area contributed by atoms with E-state index in [1.54, 1.807) is 13.0 Å². The normalized spacial score (nSPS) is 21.5. The van der Waals surface area contributed by atoms with Crippen LogP contribution in [0.4, 0.5) is 14.5 Å². The van der Waals surface area contributed by atoms with Crippen LogP contribution in [0.5, 0.6) is 5.88 Å². The standard InChI is InChI=1S/C28H35F2N3O4/c1-17(2)21-6-4-5-7-22(21)28(15-33(16-28)14-19-9-11-20(12-10-19)25(34)35)26(36)32-23-13-8-18(3)31-24(23)37-27(29)30/h4-8,13,17,19-20,27H,9-12,14-16H2,1-3H3,(H,32,36)(H,34,35). The number of halogens is 2. The maximum atomic E-state index is 13.9. The number of hydrogen-bond acceptors (Lipinski definition) is 5. The Kier molecular flexibility index (Phi) is 8.11. The first-order chi connectivity index (χ1) is 17.6. The largest absolute Gasteiger partial charge is 0.481 e. The summed E-state index contributed by atoms with van der Waals surface area (Å²) in [6, 6.07) is 11.1. The van der Waals surface area contributed by atoms with E-state index in [2.05, 4.69) is 33.8 Å². The Bertz CT molecular complexity index is 1130. The predicted octanol–water partition coefficient (Wildman–Crippen LogP) is 5.20. The molecular weight excluding hydrogens is 480 g/mol. The number of alkyl halides is 2. The number of amides is 1. The minimum atomic E-state index is -3.06. The maximum absolute atomic E-state index is 13.9. The minimum absolute atomic E-state index is 0.114. The van der Waals surface area contributed by atoms with Gasteiger partial charge in [0.1, 0.15) is 5.69 Å². The molecule has 4 rings (SSSR count). The predicted molar refractivity (Wildman–Crippen MR) is 136 cm³/mol. The number of benzene rings is 1. The molecule has 1 aliphatic carbocycles. The fourth-order valence-electron chi connectivity index (χ4n) is 5.72. The molecule has 9 heteroatoms.